The van der Waals surface area contributed by atoms with Gasteiger partial charge in [0.25, 0.3) is 5.91 Å². The van der Waals surface area contributed by atoms with Crippen molar-refractivity contribution >= 4 is 40.1 Å². The summed E-state index contributed by atoms with van der Waals surface area (Å²) >= 11 is 8.23. The zero-order valence-electron chi connectivity index (χ0n) is 11.0. The summed E-state index contributed by atoms with van der Waals surface area (Å²) in [6, 6.07) is 5.47. The summed E-state index contributed by atoms with van der Waals surface area (Å²) in [7, 11) is 1.86. The van der Waals surface area contributed by atoms with Gasteiger partial charge in [-0.25, -0.2) is 0 Å². The van der Waals surface area contributed by atoms with Gasteiger partial charge >= 0.3 is 0 Å². The first kappa shape index (κ1) is 15.1. The fourth-order valence-electron chi connectivity index (χ4n) is 2.40. The van der Waals surface area contributed by atoms with E-state index in [0.29, 0.717) is 16.5 Å². The summed E-state index contributed by atoms with van der Waals surface area (Å²) in [5.41, 5.74) is 0.664. The van der Waals surface area contributed by atoms with Gasteiger partial charge in [-0.3, -0.25) is 4.79 Å². The minimum Gasteiger partial charge on any atom is -0.341 e. The molecule has 1 unspecified atom stereocenters. The Labute approximate surface area is 132 Å². The summed E-state index contributed by atoms with van der Waals surface area (Å²) in [5, 5.41) is 4.01. The molecule has 0 radical (unpaired) electrons. The topological polar surface area (TPSA) is 32.3 Å². The lowest BCUT2D eigenvalue weighted by atomic mass is 9.99. The molecule has 1 saturated heterocycles. The number of amides is 1. The molecular weight excluding hydrogens is 375 g/mol. The van der Waals surface area contributed by atoms with Gasteiger partial charge in [-0.2, -0.15) is 0 Å². The largest absolute Gasteiger partial charge is 0.341 e. The fourth-order valence-corrected chi connectivity index (χ4v) is 2.92. The van der Waals surface area contributed by atoms with E-state index in [1.807, 2.05) is 19.2 Å². The highest BCUT2D eigenvalue weighted by Gasteiger charge is 2.19. The van der Waals surface area contributed by atoms with Gasteiger partial charge in [0, 0.05) is 22.7 Å². The average Bonchev–Trinajstić information content (AvgIpc) is 2.42. The first-order valence-electron chi connectivity index (χ1n) is 6.49. The van der Waals surface area contributed by atoms with Crippen LogP contribution in [0.25, 0.3) is 0 Å². The first-order chi connectivity index (χ1) is 9.08. The maximum absolute atomic E-state index is 12.3. The van der Waals surface area contributed by atoms with Gasteiger partial charge in [0.15, 0.2) is 0 Å². The van der Waals surface area contributed by atoms with E-state index < -0.39 is 0 Å². The summed E-state index contributed by atoms with van der Waals surface area (Å²) in [5.74, 6) is 0.603. The van der Waals surface area contributed by atoms with Gasteiger partial charge in [-0.1, -0.05) is 11.6 Å². The minimum absolute atomic E-state index is 0.0453. The molecule has 1 aliphatic heterocycles. The lowest BCUT2D eigenvalue weighted by Crippen LogP contribution is -2.39. The van der Waals surface area contributed by atoms with Crippen molar-refractivity contribution in [1.29, 1.82) is 0 Å². The molecule has 0 saturated carbocycles. The van der Waals surface area contributed by atoms with Crippen molar-refractivity contribution < 1.29 is 4.79 Å². The summed E-state index contributed by atoms with van der Waals surface area (Å²) in [6.07, 6.45) is 2.39. The number of piperidine rings is 1. The molecule has 3 nitrogen and oxygen atoms in total. The summed E-state index contributed by atoms with van der Waals surface area (Å²) in [6.45, 7) is 2.90. The fraction of sp³-hybridized carbons (Fsp3) is 0.500. The van der Waals surface area contributed by atoms with Crippen LogP contribution in [0, 0.1) is 9.49 Å². The molecule has 0 aromatic heterocycles. The van der Waals surface area contributed by atoms with E-state index in [0.717, 1.165) is 23.2 Å². The molecule has 1 fully saturated rings. The molecule has 1 aromatic rings. The number of halogens is 2. The molecular formula is C14H18ClIN2O. The SMILES string of the molecule is CN(CC1CCCNC1)C(=O)c1ccc(I)c(Cl)c1. The van der Waals surface area contributed by atoms with Gasteiger partial charge in [0.1, 0.15) is 0 Å². The normalized spacial score (nSPS) is 19.2. The molecule has 0 bridgehead atoms. The smallest absolute Gasteiger partial charge is 0.253 e. The van der Waals surface area contributed by atoms with Gasteiger partial charge in [0.2, 0.25) is 0 Å². The molecule has 5 heteroatoms. The second-order valence-electron chi connectivity index (χ2n) is 5.03. The Morgan fingerprint density at radius 2 is 2.37 bits per heavy atom. The van der Waals surface area contributed by atoms with E-state index in [-0.39, 0.29) is 5.91 Å². The van der Waals surface area contributed by atoms with Gasteiger partial charge in [-0.15, -0.1) is 0 Å². The Balaban J connectivity index is 1.99. The Morgan fingerprint density at radius 3 is 3.00 bits per heavy atom. The van der Waals surface area contributed by atoms with Gasteiger partial charge < -0.3 is 10.2 Å². The molecule has 104 valence electrons. The summed E-state index contributed by atoms with van der Waals surface area (Å²) in [4.78, 5) is 14.1. The molecule has 1 aliphatic rings. The molecule has 2 rings (SSSR count). The second-order valence-corrected chi connectivity index (χ2v) is 6.60. The number of carbonyl (C=O) groups is 1. The van der Waals surface area contributed by atoms with Crippen molar-refractivity contribution in [2.24, 2.45) is 5.92 Å². The van der Waals surface area contributed by atoms with Crippen LogP contribution in [0.5, 0.6) is 0 Å². The van der Waals surface area contributed by atoms with Crippen LogP contribution in [0.2, 0.25) is 5.02 Å². The number of hydrogen-bond acceptors (Lipinski definition) is 2. The zero-order valence-corrected chi connectivity index (χ0v) is 13.9. The molecule has 1 amide bonds. The number of nitrogens with one attached hydrogen (secondary N) is 1. The highest BCUT2D eigenvalue weighted by Crippen LogP contribution is 2.21. The van der Waals surface area contributed by atoms with Crippen LogP contribution >= 0.6 is 34.2 Å². The van der Waals surface area contributed by atoms with Crippen molar-refractivity contribution in [3.8, 4) is 0 Å². The van der Waals surface area contributed by atoms with Crippen LogP contribution < -0.4 is 5.32 Å². The number of nitrogens with zero attached hydrogens (tertiary/aromatic N) is 1. The van der Waals surface area contributed by atoms with E-state index in [9.17, 15) is 4.79 Å². The van der Waals surface area contributed by atoms with E-state index in [1.165, 1.54) is 12.8 Å². The van der Waals surface area contributed by atoms with Crippen LogP contribution in [0.3, 0.4) is 0 Å². The van der Waals surface area contributed by atoms with Crippen LogP contribution in [0.1, 0.15) is 23.2 Å². The molecule has 0 aliphatic carbocycles. The predicted octanol–water partition coefficient (Wildman–Crippen LogP) is 3.02. The van der Waals surface area contributed by atoms with Gasteiger partial charge in [-0.05, 0) is 72.6 Å². The number of hydrogen-bond donors (Lipinski definition) is 1. The van der Waals surface area contributed by atoms with E-state index in [4.69, 9.17) is 11.6 Å². The number of rotatable bonds is 3. The monoisotopic (exact) mass is 392 g/mol. The number of carbonyl (C=O) groups excluding carboxylic acids is 1. The maximum Gasteiger partial charge on any atom is 0.253 e. The predicted molar refractivity (Wildman–Crippen MR) is 86.7 cm³/mol. The zero-order chi connectivity index (χ0) is 13.8. The van der Waals surface area contributed by atoms with Crippen molar-refractivity contribution in [3.63, 3.8) is 0 Å². The third-order valence-corrected chi connectivity index (χ3v) is 5.02. The summed E-state index contributed by atoms with van der Waals surface area (Å²) < 4.78 is 0.968. The van der Waals surface area contributed by atoms with E-state index >= 15 is 0 Å². The molecule has 1 heterocycles. The second kappa shape index (κ2) is 6.90. The Morgan fingerprint density at radius 1 is 1.58 bits per heavy atom. The first-order valence-corrected chi connectivity index (χ1v) is 7.95. The van der Waals surface area contributed by atoms with Crippen molar-refractivity contribution in [1.82, 2.24) is 10.2 Å². The third kappa shape index (κ3) is 4.07. The average molecular weight is 393 g/mol. The van der Waals surface area contributed by atoms with E-state index in [1.54, 1.807) is 11.0 Å². The standard InChI is InChI=1S/C14H18ClIN2O/c1-18(9-10-3-2-6-17-8-10)14(19)11-4-5-13(16)12(15)7-11/h4-5,7,10,17H,2-3,6,8-9H2,1H3. The Kier molecular flexibility index (Phi) is 5.47. The van der Waals surface area contributed by atoms with Crippen molar-refractivity contribution in [2.45, 2.75) is 12.8 Å². The quantitative estimate of drug-likeness (QED) is 0.802. The Hall–Kier alpha value is -0.330. The molecule has 19 heavy (non-hydrogen) atoms. The maximum atomic E-state index is 12.3. The van der Waals surface area contributed by atoms with Gasteiger partial charge in [0.05, 0.1) is 5.02 Å². The highest BCUT2D eigenvalue weighted by atomic mass is 127. The van der Waals surface area contributed by atoms with Crippen LogP contribution in [-0.4, -0.2) is 37.5 Å². The van der Waals surface area contributed by atoms with Crippen LogP contribution in [-0.2, 0) is 0 Å². The minimum atomic E-state index is 0.0453. The lowest BCUT2D eigenvalue weighted by Gasteiger charge is -2.27. The van der Waals surface area contributed by atoms with Crippen LogP contribution in [0.4, 0.5) is 0 Å². The molecule has 1 N–H and O–H groups in total. The lowest BCUT2D eigenvalue weighted by molar-refractivity contribution is 0.0764. The molecule has 1 aromatic carbocycles. The Bertz CT molecular complexity index is 461. The third-order valence-electron chi connectivity index (χ3n) is 3.44. The van der Waals surface area contributed by atoms with Crippen LogP contribution in [0.15, 0.2) is 18.2 Å². The molecule has 1 atom stereocenters. The highest BCUT2D eigenvalue weighted by molar-refractivity contribution is 14.1. The molecule has 0 spiro atoms. The van der Waals surface area contributed by atoms with Crippen molar-refractivity contribution in [2.75, 3.05) is 26.7 Å². The van der Waals surface area contributed by atoms with E-state index in [2.05, 4.69) is 27.9 Å². The number of benzene rings is 1. The van der Waals surface area contributed by atoms with Crippen molar-refractivity contribution in [3.05, 3.63) is 32.4 Å².